The van der Waals surface area contributed by atoms with Crippen LogP contribution >= 0.6 is 9.90 Å². The summed E-state index contributed by atoms with van der Waals surface area (Å²) in [5.74, 6) is 0. The van der Waals surface area contributed by atoms with E-state index in [-0.39, 0.29) is 31.0 Å². The van der Waals surface area contributed by atoms with E-state index in [4.69, 9.17) is 68.3 Å². The molecule has 0 aromatic rings. The molecule has 1 atom stereocenters. The standard InChI is InChI=1S/Mo.18O.H3P.6V/h;;;;;;;;;;;;;;;;;;;1H3;;;;;;/q;;;;;;;;;;;;;6*-1;;;;;;;. The quantitative estimate of drug-likeness (QED) is 0.165. The molecular weight excluding hydrogens is 721 g/mol. The molecule has 0 saturated carbocycles. The fourth-order valence-corrected chi connectivity index (χ4v) is 0. The molecule has 26 heavy (non-hydrogen) atoms. The Balaban J connectivity index is -0.0000000245. The van der Waals surface area contributed by atoms with Gasteiger partial charge in [0.05, 0.1) is 0 Å². The Hall–Kier alpha value is 1.98. The van der Waals surface area contributed by atoms with Crippen LogP contribution in [0.25, 0.3) is 0 Å². The molecule has 0 aliphatic carbocycles. The predicted octanol–water partition coefficient (Wildman–Crippen LogP) is -8.52. The van der Waals surface area contributed by atoms with Gasteiger partial charge in [-0.3, -0.25) is 0 Å². The molecule has 0 saturated heterocycles. The Morgan fingerprint density at radius 3 is 0.308 bits per heavy atom. The second-order valence-electron chi connectivity index (χ2n) is 1.34. The minimum absolute atomic E-state index is 0. The maximum atomic E-state index is 8.56. The molecule has 18 nitrogen and oxygen atoms in total. The SMILES string of the molecule is P.[Mo].[O]=[V](=[O])[O-].[O]=[V](=[O])[O-].[O]=[V](=[O])[O-].[O]=[V](=[O])[O-].[O]=[V](=[O])[O-].[O]=[V](=[O])[O-]. The Morgan fingerprint density at radius 1 is 0.308 bits per heavy atom. The molecule has 0 spiro atoms. The van der Waals surface area contributed by atoms with E-state index >= 15 is 0 Å². The van der Waals surface area contributed by atoms with Crippen molar-refractivity contribution in [1.82, 2.24) is 0 Å². The summed E-state index contributed by atoms with van der Waals surface area (Å²) in [6.07, 6.45) is 0. The van der Waals surface area contributed by atoms with Gasteiger partial charge in [0, 0.05) is 21.1 Å². The molecule has 0 heterocycles. The fourth-order valence-electron chi connectivity index (χ4n) is 0. The van der Waals surface area contributed by atoms with Gasteiger partial charge in [-0.25, -0.2) is 0 Å². The first-order valence-electron chi connectivity index (χ1n) is 3.29. The first kappa shape index (κ1) is 51.0. The first-order chi connectivity index (χ1) is 10.4. The molecular formula is H3MoO18PV6-6. The third-order valence-electron chi connectivity index (χ3n) is 0. The normalized spacial score (nSPS) is 5.77. The van der Waals surface area contributed by atoms with Crippen molar-refractivity contribution >= 4 is 9.90 Å². The average Bonchev–Trinajstić information content (AvgIpc) is 2.08. The molecule has 0 aliphatic rings. The van der Waals surface area contributed by atoms with Crippen molar-refractivity contribution in [3.63, 3.8) is 0 Å². The fraction of sp³-hybridized carbons (Fsp3) is 0. The monoisotopic (exact) mass is 725 g/mol. The summed E-state index contributed by atoms with van der Waals surface area (Å²) in [4.78, 5) is 0. The Labute approximate surface area is 189 Å². The van der Waals surface area contributed by atoms with Crippen LogP contribution in [0.2, 0.25) is 0 Å². The number of rotatable bonds is 0. The molecule has 0 radical (unpaired) electrons. The van der Waals surface area contributed by atoms with Gasteiger partial charge in [-0.2, -0.15) is 9.90 Å². The number of hydrogen-bond donors (Lipinski definition) is 0. The number of hydrogen-bond acceptors (Lipinski definition) is 18. The van der Waals surface area contributed by atoms with Crippen LogP contribution in [0.1, 0.15) is 0 Å². The Morgan fingerprint density at radius 2 is 0.308 bits per heavy atom. The zero-order chi connectivity index (χ0) is 21.5. The summed E-state index contributed by atoms with van der Waals surface area (Å²) < 4.78 is 154. The second-order valence-corrected chi connectivity index (χ2v) is 5.53. The molecule has 158 valence electrons. The van der Waals surface area contributed by atoms with Crippen molar-refractivity contribution in [2.45, 2.75) is 0 Å². The molecule has 0 aromatic carbocycles. The topological polar surface area (TPSA) is 343 Å². The Bertz CT molecular complexity index is 477. The van der Waals surface area contributed by atoms with Crippen LogP contribution in [0.4, 0.5) is 0 Å². The van der Waals surface area contributed by atoms with Gasteiger partial charge in [0.15, 0.2) is 0 Å². The van der Waals surface area contributed by atoms with Crippen LogP contribution in [0.5, 0.6) is 0 Å². The van der Waals surface area contributed by atoms with Crippen LogP contribution in [0.15, 0.2) is 0 Å². The molecule has 0 amide bonds. The van der Waals surface area contributed by atoms with E-state index in [1.807, 2.05) is 0 Å². The summed E-state index contributed by atoms with van der Waals surface area (Å²) in [5, 5.41) is 0. The third-order valence-corrected chi connectivity index (χ3v) is 0. The van der Waals surface area contributed by atoms with Gasteiger partial charge >= 0.3 is 161 Å². The van der Waals surface area contributed by atoms with Crippen molar-refractivity contribution in [2.24, 2.45) is 0 Å². The summed E-state index contributed by atoms with van der Waals surface area (Å²) in [5.41, 5.74) is 0. The summed E-state index contributed by atoms with van der Waals surface area (Å²) in [6, 6.07) is 0. The van der Waals surface area contributed by atoms with Gasteiger partial charge in [0.1, 0.15) is 0 Å². The van der Waals surface area contributed by atoms with E-state index in [1.165, 1.54) is 0 Å². The van der Waals surface area contributed by atoms with Gasteiger partial charge in [-0.1, -0.05) is 0 Å². The van der Waals surface area contributed by atoms with Gasteiger partial charge in [0.2, 0.25) is 0 Å². The second kappa shape index (κ2) is 45.6. The van der Waals surface area contributed by atoms with E-state index in [0.29, 0.717) is 0 Å². The molecule has 1 unspecified atom stereocenters. The van der Waals surface area contributed by atoms with Gasteiger partial charge in [-0.15, -0.1) is 0 Å². The third kappa shape index (κ3) is 4120. The van der Waals surface area contributed by atoms with Crippen molar-refractivity contribution in [1.29, 1.82) is 0 Å². The molecule has 26 heteroatoms. The molecule has 0 aliphatic heterocycles. The first-order valence-corrected chi connectivity index (χ1v) is 13.5. The van der Waals surface area contributed by atoms with Crippen LogP contribution < -0.4 is 24.2 Å². The maximum absolute atomic E-state index is 8.56. The van der Waals surface area contributed by atoms with E-state index in [9.17, 15) is 0 Å². The van der Waals surface area contributed by atoms with Gasteiger partial charge in [0.25, 0.3) is 0 Å². The van der Waals surface area contributed by atoms with Crippen molar-refractivity contribution < 1.29 is 182 Å². The minimum atomic E-state index is -3.94. The summed E-state index contributed by atoms with van der Waals surface area (Å²) in [6.45, 7) is 0. The zero-order valence-electron chi connectivity index (χ0n) is 11.1. The molecule has 0 aromatic heterocycles. The molecule has 0 fully saturated rings. The molecule has 0 rings (SSSR count). The van der Waals surface area contributed by atoms with Crippen molar-refractivity contribution in [2.75, 3.05) is 0 Å². The predicted molar refractivity (Wildman–Crippen MR) is 19.3 cm³/mol. The van der Waals surface area contributed by atoms with Crippen LogP contribution in [0, 0.1) is 0 Å². The van der Waals surface area contributed by atoms with Gasteiger partial charge < -0.3 is 0 Å². The van der Waals surface area contributed by atoms with E-state index < -0.39 is 92.4 Å². The van der Waals surface area contributed by atoms with E-state index in [2.05, 4.69) is 0 Å². The summed E-state index contributed by atoms with van der Waals surface area (Å²) in [7, 11) is 0. The van der Waals surface area contributed by atoms with Crippen LogP contribution in [-0.2, 0) is 158 Å². The molecule has 0 N–H and O–H groups in total. The van der Waals surface area contributed by atoms with Crippen LogP contribution in [0.3, 0.4) is 0 Å². The Kier molecular flexibility index (Phi) is 89.5. The van der Waals surface area contributed by atoms with Gasteiger partial charge in [-0.05, 0) is 0 Å². The average molecular weight is 724 g/mol. The van der Waals surface area contributed by atoms with E-state index in [1.54, 1.807) is 0 Å². The zero-order valence-corrected chi connectivity index (χ0v) is 22.9. The van der Waals surface area contributed by atoms with Crippen LogP contribution in [-0.4, -0.2) is 0 Å². The summed E-state index contributed by atoms with van der Waals surface area (Å²) >= 11 is -23.6. The van der Waals surface area contributed by atoms with Crippen molar-refractivity contribution in [3.05, 3.63) is 0 Å². The van der Waals surface area contributed by atoms with E-state index in [0.717, 1.165) is 0 Å². The van der Waals surface area contributed by atoms with Crippen molar-refractivity contribution in [3.8, 4) is 0 Å². The molecule has 0 bridgehead atoms.